The summed E-state index contributed by atoms with van der Waals surface area (Å²) in [4.78, 5) is 17.6. The van der Waals surface area contributed by atoms with Gasteiger partial charge >= 0.3 is 0 Å². The van der Waals surface area contributed by atoms with E-state index in [0.29, 0.717) is 35.7 Å². The van der Waals surface area contributed by atoms with Crippen molar-refractivity contribution in [1.82, 2.24) is 19.6 Å². The van der Waals surface area contributed by atoms with Crippen LogP contribution in [0.4, 0.5) is 0 Å². The van der Waals surface area contributed by atoms with Gasteiger partial charge in [-0.05, 0) is 62.6 Å². The van der Waals surface area contributed by atoms with Crippen molar-refractivity contribution in [3.05, 3.63) is 77.4 Å². The third-order valence-electron chi connectivity index (χ3n) is 6.16. The maximum atomic E-state index is 13.1. The minimum absolute atomic E-state index is 0.0222. The van der Waals surface area contributed by atoms with Crippen LogP contribution in [-0.2, 0) is 39.9 Å². The number of sulfonamides is 2. The van der Waals surface area contributed by atoms with E-state index in [0.717, 1.165) is 24.2 Å². The zero-order valence-corrected chi connectivity index (χ0v) is 24.7. The number of primary sulfonamides is 1. The maximum Gasteiger partial charge on any atom is 0.274 e. The third kappa shape index (κ3) is 7.36. The molecule has 1 heterocycles. The second kappa shape index (κ2) is 12.8. The Labute approximate surface area is 235 Å². The zero-order valence-electron chi connectivity index (χ0n) is 23.0. The summed E-state index contributed by atoms with van der Waals surface area (Å²) in [5, 5.41) is 7.88. The van der Waals surface area contributed by atoms with Crippen LogP contribution in [-0.4, -0.2) is 45.4 Å². The largest absolute Gasteiger partial charge is 0.493 e. The Morgan fingerprint density at radius 1 is 1.05 bits per heavy atom. The molecule has 0 aliphatic carbocycles. The molecular formula is C27H35N5O6S2. The fraction of sp³-hybridized carbons (Fsp3) is 0.333. The fourth-order valence-corrected chi connectivity index (χ4v) is 5.75. The number of aromatic nitrogens is 2. The molecule has 1 aromatic heterocycles. The van der Waals surface area contributed by atoms with Crippen molar-refractivity contribution in [3.8, 4) is 5.75 Å². The van der Waals surface area contributed by atoms with Crippen LogP contribution >= 0.6 is 0 Å². The topological polar surface area (TPSA) is 162 Å². The molecule has 0 unspecified atom stereocenters. The van der Waals surface area contributed by atoms with Crippen molar-refractivity contribution in [2.24, 2.45) is 12.2 Å². The highest BCUT2D eigenvalue weighted by Gasteiger charge is 2.22. The van der Waals surface area contributed by atoms with Gasteiger partial charge in [-0.3, -0.25) is 4.79 Å². The second-order valence-corrected chi connectivity index (χ2v) is 12.5. The van der Waals surface area contributed by atoms with Crippen molar-refractivity contribution in [3.63, 3.8) is 0 Å². The first-order valence-corrected chi connectivity index (χ1v) is 15.7. The van der Waals surface area contributed by atoms with Gasteiger partial charge in [-0.25, -0.2) is 31.7 Å². The monoisotopic (exact) mass is 589 g/mol. The van der Waals surface area contributed by atoms with Gasteiger partial charge in [0.15, 0.2) is 0 Å². The van der Waals surface area contributed by atoms with Gasteiger partial charge in [0.1, 0.15) is 17.3 Å². The lowest BCUT2D eigenvalue weighted by Crippen LogP contribution is -2.27. The number of hydrogen-bond donors (Lipinski definition) is 3. The number of nitrogens with one attached hydrogen (secondary N) is 2. The third-order valence-corrected chi connectivity index (χ3v) is 8.55. The molecule has 11 nitrogen and oxygen atoms in total. The van der Waals surface area contributed by atoms with Crippen molar-refractivity contribution in [2.75, 3.05) is 13.2 Å². The van der Waals surface area contributed by atoms with Crippen LogP contribution in [0.2, 0.25) is 0 Å². The average Bonchev–Trinajstić information content (AvgIpc) is 3.16. The molecule has 0 aliphatic rings. The molecule has 1 amide bonds. The SMILES string of the molecule is C=C(NC(=O)c1c(C)nc(CCC)n1C)c1cc(S(=O)(=O)NCCc2ccc(S(N)(=O)=O)cc2)ccc1OCC. The van der Waals surface area contributed by atoms with E-state index in [1.54, 1.807) is 37.6 Å². The van der Waals surface area contributed by atoms with E-state index in [2.05, 4.69) is 21.6 Å². The molecule has 3 rings (SSSR count). The lowest BCUT2D eigenvalue weighted by molar-refractivity contribution is 0.0965. The molecule has 40 heavy (non-hydrogen) atoms. The molecular weight excluding hydrogens is 554 g/mol. The number of aryl methyl sites for hydroxylation is 2. The highest BCUT2D eigenvalue weighted by Crippen LogP contribution is 2.28. The summed E-state index contributed by atoms with van der Waals surface area (Å²) < 4.78 is 58.9. The van der Waals surface area contributed by atoms with E-state index in [1.807, 2.05) is 6.92 Å². The Kier molecular flexibility index (Phi) is 9.90. The van der Waals surface area contributed by atoms with Crippen molar-refractivity contribution in [1.29, 1.82) is 0 Å². The minimum Gasteiger partial charge on any atom is -0.493 e. The predicted octanol–water partition coefficient (Wildman–Crippen LogP) is 2.65. The van der Waals surface area contributed by atoms with E-state index in [4.69, 9.17) is 9.88 Å². The van der Waals surface area contributed by atoms with E-state index < -0.39 is 26.0 Å². The molecule has 0 bridgehead atoms. The maximum absolute atomic E-state index is 13.1. The molecule has 0 radical (unpaired) electrons. The number of benzene rings is 2. The highest BCUT2D eigenvalue weighted by molar-refractivity contribution is 7.89. The second-order valence-electron chi connectivity index (χ2n) is 9.13. The molecule has 13 heteroatoms. The van der Waals surface area contributed by atoms with Gasteiger partial charge in [-0.15, -0.1) is 0 Å². The van der Waals surface area contributed by atoms with Crippen LogP contribution in [0, 0.1) is 6.92 Å². The van der Waals surface area contributed by atoms with Crippen LogP contribution < -0.4 is 19.9 Å². The van der Waals surface area contributed by atoms with Crippen LogP contribution in [0.15, 0.2) is 58.8 Å². The van der Waals surface area contributed by atoms with Gasteiger partial charge in [0, 0.05) is 31.3 Å². The van der Waals surface area contributed by atoms with E-state index >= 15 is 0 Å². The Morgan fingerprint density at radius 3 is 2.30 bits per heavy atom. The first-order valence-electron chi connectivity index (χ1n) is 12.7. The van der Waals surface area contributed by atoms with Crippen molar-refractivity contribution >= 4 is 31.7 Å². The number of amides is 1. The summed E-state index contributed by atoms with van der Waals surface area (Å²) >= 11 is 0. The minimum atomic E-state index is -3.94. The van der Waals surface area contributed by atoms with Crippen LogP contribution in [0.25, 0.3) is 5.70 Å². The first kappa shape index (κ1) is 31.0. The molecule has 2 aromatic carbocycles. The number of carbonyl (C=O) groups excluding carboxylic acids is 1. The van der Waals surface area contributed by atoms with Crippen molar-refractivity contribution in [2.45, 2.75) is 49.8 Å². The van der Waals surface area contributed by atoms with Crippen molar-refractivity contribution < 1.29 is 26.4 Å². The number of nitrogens with zero attached hydrogens (tertiary/aromatic N) is 2. The average molecular weight is 590 g/mol. The normalized spacial score (nSPS) is 11.8. The summed E-state index contributed by atoms with van der Waals surface area (Å²) in [6.45, 7) is 9.95. The summed E-state index contributed by atoms with van der Waals surface area (Å²) in [6.07, 6.45) is 1.94. The Balaban J connectivity index is 1.78. The summed E-state index contributed by atoms with van der Waals surface area (Å²) in [5.74, 6) is 0.752. The van der Waals surface area contributed by atoms with E-state index in [9.17, 15) is 21.6 Å². The predicted molar refractivity (Wildman–Crippen MR) is 153 cm³/mol. The van der Waals surface area contributed by atoms with Gasteiger partial charge < -0.3 is 14.6 Å². The Morgan fingerprint density at radius 2 is 1.70 bits per heavy atom. The van der Waals surface area contributed by atoms with Crippen LogP contribution in [0.5, 0.6) is 5.75 Å². The number of hydrogen-bond acceptors (Lipinski definition) is 7. The van der Waals surface area contributed by atoms with Gasteiger partial charge in [-0.1, -0.05) is 25.6 Å². The molecule has 0 atom stereocenters. The standard InChI is InChI=1S/C27H35N5O6S2/c1-6-8-25-30-19(4)26(32(25)5)27(33)31-18(3)23-17-22(13-14-24(23)38-7-2)40(36,37)29-16-15-20-9-11-21(12-10-20)39(28,34)35/h9-14,17,29H,3,6-8,15-16H2,1-2,4-5H3,(H,31,33)(H2,28,34,35). The molecule has 3 aromatic rings. The van der Waals surface area contributed by atoms with E-state index in [-0.39, 0.29) is 22.0 Å². The highest BCUT2D eigenvalue weighted by atomic mass is 32.2. The quantitative estimate of drug-likeness (QED) is 0.276. The van der Waals surface area contributed by atoms with Gasteiger partial charge in [-0.2, -0.15) is 0 Å². The van der Waals surface area contributed by atoms with Gasteiger partial charge in [0.05, 0.1) is 22.1 Å². The lowest BCUT2D eigenvalue weighted by Gasteiger charge is -2.16. The van der Waals surface area contributed by atoms with Crippen LogP contribution in [0.3, 0.4) is 0 Å². The number of nitrogens with two attached hydrogens (primary N) is 1. The first-order chi connectivity index (χ1) is 18.8. The summed E-state index contributed by atoms with van der Waals surface area (Å²) in [6, 6.07) is 10.2. The Hall–Kier alpha value is -3.52. The fourth-order valence-electron chi connectivity index (χ4n) is 4.17. The zero-order chi connectivity index (χ0) is 29.7. The molecule has 216 valence electrons. The number of carbonyl (C=O) groups is 1. The summed E-state index contributed by atoms with van der Waals surface area (Å²) in [7, 11) is -5.96. The smallest absolute Gasteiger partial charge is 0.274 e. The molecule has 0 fully saturated rings. The molecule has 0 saturated carbocycles. The van der Waals surface area contributed by atoms with Gasteiger partial charge in [0.25, 0.3) is 5.91 Å². The molecule has 4 N–H and O–H groups in total. The van der Waals surface area contributed by atoms with E-state index in [1.165, 1.54) is 30.3 Å². The lowest BCUT2D eigenvalue weighted by atomic mass is 10.1. The summed E-state index contributed by atoms with van der Waals surface area (Å²) in [5.41, 5.74) is 2.21. The molecule has 0 aliphatic heterocycles. The van der Waals surface area contributed by atoms with Gasteiger partial charge in [0.2, 0.25) is 20.0 Å². The molecule has 0 spiro atoms. The molecule has 0 saturated heterocycles. The number of ether oxygens (including phenoxy) is 1. The Bertz CT molecular complexity index is 1610. The number of rotatable bonds is 13. The number of imidazole rings is 1. The van der Waals surface area contributed by atoms with Crippen LogP contribution in [0.1, 0.15) is 53.4 Å².